The summed E-state index contributed by atoms with van der Waals surface area (Å²) < 4.78 is 30.8. The number of aromatic nitrogens is 5. The molecule has 7 nitrogen and oxygen atoms in total. The molecule has 4 aromatic rings. The molecule has 0 radical (unpaired) electrons. The second-order valence-corrected chi connectivity index (χ2v) is 7.30. The highest BCUT2D eigenvalue weighted by Crippen LogP contribution is 2.36. The predicted molar refractivity (Wildman–Crippen MR) is 106 cm³/mol. The molecule has 0 spiro atoms. The van der Waals surface area contributed by atoms with E-state index in [4.69, 9.17) is 0 Å². The van der Waals surface area contributed by atoms with E-state index in [9.17, 15) is 18.7 Å². The van der Waals surface area contributed by atoms with Crippen LogP contribution in [-0.2, 0) is 12.1 Å². The maximum atomic E-state index is 14.7. The van der Waals surface area contributed by atoms with Crippen molar-refractivity contribution in [2.75, 3.05) is 0 Å². The fourth-order valence-corrected chi connectivity index (χ4v) is 3.60. The average Bonchev–Trinajstić information content (AvgIpc) is 3.20. The minimum atomic E-state index is -1.95. The summed E-state index contributed by atoms with van der Waals surface area (Å²) in [4.78, 5) is 21.3. The fraction of sp³-hybridized carbons (Fsp3) is 0.238. The first-order valence-corrected chi connectivity index (χ1v) is 9.27. The molecule has 2 heterocycles. The first-order valence-electron chi connectivity index (χ1n) is 9.27. The summed E-state index contributed by atoms with van der Waals surface area (Å²) in [5.74, 6) is -1.70. The zero-order valence-corrected chi connectivity index (χ0v) is 16.3. The van der Waals surface area contributed by atoms with Crippen LogP contribution in [0.25, 0.3) is 10.9 Å². The normalized spacial score (nSPS) is 14.6. The molecule has 2 aromatic heterocycles. The molecule has 0 bridgehead atoms. The molecule has 30 heavy (non-hydrogen) atoms. The molecular weight excluding hydrogens is 392 g/mol. The lowest BCUT2D eigenvalue weighted by Gasteiger charge is -2.35. The van der Waals surface area contributed by atoms with Gasteiger partial charge in [0, 0.05) is 11.6 Å². The van der Waals surface area contributed by atoms with Gasteiger partial charge in [-0.2, -0.15) is 5.10 Å². The van der Waals surface area contributed by atoms with Gasteiger partial charge < -0.3 is 5.11 Å². The van der Waals surface area contributed by atoms with Crippen LogP contribution in [0.5, 0.6) is 0 Å². The van der Waals surface area contributed by atoms with Crippen molar-refractivity contribution in [2.24, 2.45) is 0 Å². The molecule has 0 aliphatic carbocycles. The Labute approximate surface area is 170 Å². The SMILES string of the molecule is Cc1ccc2c(=O)n(C(C)[C@](O)(Cn3cncn3)c3ccc(F)cc3F)cnc2c1. The van der Waals surface area contributed by atoms with Crippen LogP contribution in [0.15, 0.2) is 60.2 Å². The van der Waals surface area contributed by atoms with Crippen molar-refractivity contribution in [2.45, 2.75) is 32.0 Å². The molecule has 1 unspecified atom stereocenters. The van der Waals surface area contributed by atoms with E-state index in [-0.39, 0.29) is 17.7 Å². The van der Waals surface area contributed by atoms with Gasteiger partial charge in [0.25, 0.3) is 5.56 Å². The first-order chi connectivity index (χ1) is 14.3. The van der Waals surface area contributed by atoms with Crippen molar-refractivity contribution in [3.8, 4) is 0 Å². The van der Waals surface area contributed by atoms with Crippen LogP contribution in [0.1, 0.15) is 24.1 Å². The molecule has 154 valence electrons. The maximum Gasteiger partial charge on any atom is 0.261 e. The third kappa shape index (κ3) is 3.37. The monoisotopic (exact) mass is 411 g/mol. The Kier molecular flexibility index (Phi) is 4.90. The predicted octanol–water partition coefficient (Wildman–Crippen LogP) is 2.72. The summed E-state index contributed by atoms with van der Waals surface area (Å²) in [6, 6.07) is 7.20. The highest BCUT2D eigenvalue weighted by Gasteiger charge is 2.41. The van der Waals surface area contributed by atoms with Crippen molar-refractivity contribution < 1.29 is 13.9 Å². The van der Waals surface area contributed by atoms with Crippen LogP contribution >= 0.6 is 0 Å². The Bertz CT molecular complexity index is 1270. The number of nitrogens with zero attached hydrogens (tertiary/aromatic N) is 5. The van der Waals surface area contributed by atoms with Crippen molar-refractivity contribution in [3.05, 3.63) is 88.5 Å². The maximum absolute atomic E-state index is 14.7. The number of benzene rings is 2. The smallest absolute Gasteiger partial charge is 0.261 e. The summed E-state index contributed by atoms with van der Waals surface area (Å²) in [5, 5.41) is 16.0. The Hall–Kier alpha value is -3.46. The van der Waals surface area contributed by atoms with Gasteiger partial charge in [-0.25, -0.2) is 23.4 Å². The summed E-state index contributed by atoms with van der Waals surface area (Å²) >= 11 is 0. The molecule has 0 fully saturated rings. The molecule has 4 rings (SSSR count). The van der Waals surface area contributed by atoms with Crippen molar-refractivity contribution in [1.29, 1.82) is 0 Å². The molecule has 0 saturated heterocycles. The van der Waals surface area contributed by atoms with Crippen LogP contribution in [0.3, 0.4) is 0 Å². The van der Waals surface area contributed by atoms with Gasteiger partial charge in [-0.1, -0.05) is 12.1 Å². The van der Waals surface area contributed by atoms with Gasteiger partial charge in [0.1, 0.15) is 29.9 Å². The van der Waals surface area contributed by atoms with Gasteiger partial charge in [-0.15, -0.1) is 0 Å². The number of aryl methyl sites for hydroxylation is 1. The second kappa shape index (κ2) is 7.42. The number of hydrogen-bond donors (Lipinski definition) is 1. The highest BCUT2D eigenvalue weighted by atomic mass is 19.1. The van der Waals surface area contributed by atoms with Crippen LogP contribution in [0, 0.1) is 18.6 Å². The van der Waals surface area contributed by atoms with Gasteiger partial charge in [-0.05, 0) is 37.6 Å². The van der Waals surface area contributed by atoms with Gasteiger partial charge in [0.15, 0.2) is 0 Å². The summed E-state index contributed by atoms with van der Waals surface area (Å²) in [6.45, 7) is 3.25. The lowest BCUT2D eigenvalue weighted by Crippen LogP contribution is -2.43. The number of aliphatic hydroxyl groups is 1. The topological polar surface area (TPSA) is 85.8 Å². The first kappa shape index (κ1) is 19.8. The van der Waals surface area contributed by atoms with E-state index in [1.165, 1.54) is 34.3 Å². The van der Waals surface area contributed by atoms with E-state index in [2.05, 4.69) is 15.1 Å². The average molecular weight is 411 g/mol. The summed E-state index contributed by atoms with van der Waals surface area (Å²) in [7, 11) is 0. The molecular formula is C21H19F2N5O2. The number of hydrogen-bond acceptors (Lipinski definition) is 5. The van der Waals surface area contributed by atoms with Crippen LogP contribution in [0.2, 0.25) is 0 Å². The summed E-state index contributed by atoms with van der Waals surface area (Å²) in [6.07, 6.45) is 3.96. The van der Waals surface area contributed by atoms with Gasteiger partial charge >= 0.3 is 0 Å². The quantitative estimate of drug-likeness (QED) is 0.546. The second-order valence-electron chi connectivity index (χ2n) is 7.30. The number of halogens is 2. The van der Waals surface area contributed by atoms with Gasteiger partial charge in [-0.3, -0.25) is 9.36 Å². The van der Waals surface area contributed by atoms with Crippen molar-refractivity contribution in [1.82, 2.24) is 24.3 Å². The zero-order valence-electron chi connectivity index (χ0n) is 16.3. The fourth-order valence-electron chi connectivity index (χ4n) is 3.60. The van der Waals surface area contributed by atoms with Crippen LogP contribution in [-0.4, -0.2) is 29.4 Å². The Balaban J connectivity index is 1.88. The Morgan fingerprint density at radius 2 is 1.97 bits per heavy atom. The highest BCUT2D eigenvalue weighted by molar-refractivity contribution is 5.77. The minimum absolute atomic E-state index is 0.164. The van der Waals surface area contributed by atoms with E-state index >= 15 is 0 Å². The summed E-state index contributed by atoms with van der Waals surface area (Å²) in [5.41, 5.74) is -1.02. The molecule has 0 aliphatic rings. The lowest BCUT2D eigenvalue weighted by molar-refractivity contribution is -0.0343. The Morgan fingerprint density at radius 3 is 2.67 bits per heavy atom. The molecule has 2 atom stereocenters. The molecule has 0 saturated carbocycles. The minimum Gasteiger partial charge on any atom is -0.381 e. The number of fused-ring (bicyclic) bond motifs is 1. The molecule has 0 amide bonds. The van der Waals surface area contributed by atoms with Gasteiger partial charge in [0.2, 0.25) is 0 Å². The van der Waals surface area contributed by atoms with E-state index in [0.717, 1.165) is 11.6 Å². The van der Waals surface area contributed by atoms with Gasteiger partial charge in [0.05, 0.1) is 29.8 Å². The molecule has 2 aromatic carbocycles. The van der Waals surface area contributed by atoms with Crippen molar-refractivity contribution in [3.63, 3.8) is 0 Å². The molecule has 1 N–H and O–H groups in total. The van der Waals surface area contributed by atoms with E-state index in [1.807, 2.05) is 6.92 Å². The third-order valence-electron chi connectivity index (χ3n) is 5.31. The lowest BCUT2D eigenvalue weighted by atomic mass is 9.86. The zero-order chi connectivity index (χ0) is 21.5. The van der Waals surface area contributed by atoms with E-state index in [1.54, 1.807) is 25.1 Å². The van der Waals surface area contributed by atoms with Crippen molar-refractivity contribution >= 4 is 10.9 Å². The Morgan fingerprint density at radius 1 is 1.17 bits per heavy atom. The van der Waals surface area contributed by atoms with E-state index < -0.39 is 23.3 Å². The number of rotatable bonds is 5. The molecule has 0 aliphatic heterocycles. The van der Waals surface area contributed by atoms with Crippen LogP contribution in [0.4, 0.5) is 8.78 Å². The largest absolute Gasteiger partial charge is 0.381 e. The van der Waals surface area contributed by atoms with Crippen LogP contribution < -0.4 is 5.56 Å². The standard InChI is InChI=1S/C21H19F2N5O2/c1-13-3-5-16-19(7-13)25-12-28(20(16)29)14(2)21(30,9-27-11-24-10-26-27)17-6-4-15(22)8-18(17)23/h3-8,10-12,14,30H,9H2,1-2H3/t14?,21-/m1/s1. The third-order valence-corrected chi connectivity index (χ3v) is 5.31. The van der Waals surface area contributed by atoms with E-state index in [0.29, 0.717) is 17.0 Å². The molecule has 9 heteroatoms.